The fourth-order valence-corrected chi connectivity index (χ4v) is 2.62. The van der Waals surface area contributed by atoms with Gasteiger partial charge in [-0.05, 0) is 24.3 Å². The van der Waals surface area contributed by atoms with Crippen molar-refractivity contribution < 1.29 is 13.2 Å². The molecule has 0 saturated carbocycles. The maximum Gasteiger partial charge on any atom is 0.255 e. The van der Waals surface area contributed by atoms with E-state index in [1.165, 1.54) is 30.5 Å². The number of amides is 1. The first-order chi connectivity index (χ1) is 9.53. The van der Waals surface area contributed by atoms with Gasteiger partial charge in [-0.3, -0.25) is 9.89 Å². The van der Waals surface area contributed by atoms with Crippen LogP contribution < -0.4 is 10.0 Å². The Hall–Kier alpha value is -2.19. The van der Waals surface area contributed by atoms with Crippen LogP contribution in [-0.4, -0.2) is 31.1 Å². The number of carbonyl (C=O) groups excluding carboxylic acids is 1. The van der Waals surface area contributed by atoms with Gasteiger partial charge in [-0.25, -0.2) is 13.1 Å². The van der Waals surface area contributed by atoms with Crippen molar-refractivity contribution in [2.24, 2.45) is 0 Å². The van der Waals surface area contributed by atoms with Crippen LogP contribution in [0.25, 0.3) is 0 Å². The maximum atomic E-state index is 11.9. The van der Waals surface area contributed by atoms with Gasteiger partial charge in [0.2, 0.25) is 10.0 Å². The van der Waals surface area contributed by atoms with E-state index in [9.17, 15) is 13.2 Å². The van der Waals surface area contributed by atoms with Crippen molar-refractivity contribution >= 4 is 21.6 Å². The monoisotopic (exact) mass is 294 g/mol. The number of aromatic nitrogens is 2. The number of benzene rings is 1. The van der Waals surface area contributed by atoms with Crippen molar-refractivity contribution in [2.45, 2.75) is 11.8 Å². The highest BCUT2D eigenvalue weighted by Crippen LogP contribution is 2.12. The summed E-state index contributed by atoms with van der Waals surface area (Å²) in [5.41, 5.74) is 0.904. The highest BCUT2D eigenvalue weighted by molar-refractivity contribution is 7.89. The molecule has 0 saturated heterocycles. The van der Waals surface area contributed by atoms with Gasteiger partial charge in [-0.15, -0.1) is 0 Å². The molecule has 3 N–H and O–H groups in total. The number of sulfonamides is 1. The van der Waals surface area contributed by atoms with Gasteiger partial charge in [-0.2, -0.15) is 5.10 Å². The molecule has 20 heavy (non-hydrogen) atoms. The van der Waals surface area contributed by atoms with Crippen LogP contribution in [0.1, 0.15) is 17.3 Å². The molecule has 1 aromatic heterocycles. The third-order valence-electron chi connectivity index (χ3n) is 2.52. The normalized spacial score (nSPS) is 11.2. The van der Waals surface area contributed by atoms with E-state index in [-0.39, 0.29) is 10.8 Å². The zero-order valence-electron chi connectivity index (χ0n) is 10.8. The quantitative estimate of drug-likeness (QED) is 0.764. The van der Waals surface area contributed by atoms with Gasteiger partial charge in [0.25, 0.3) is 5.91 Å². The zero-order valence-corrected chi connectivity index (χ0v) is 11.6. The summed E-state index contributed by atoms with van der Waals surface area (Å²) in [5.74, 6) is -0.334. The summed E-state index contributed by atoms with van der Waals surface area (Å²) < 4.78 is 25.9. The Bertz CT molecular complexity index is 678. The molecule has 1 heterocycles. The van der Waals surface area contributed by atoms with E-state index in [1.807, 2.05) is 0 Å². The topological polar surface area (TPSA) is 104 Å². The van der Waals surface area contributed by atoms with Crippen LogP contribution in [0.2, 0.25) is 0 Å². The number of anilines is 1. The lowest BCUT2D eigenvalue weighted by molar-refractivity contribution is 0.102. The first-order valence-corrected chi connectivity index (χ1v) is 7.41. The lowest BCUT2D eigenvalue weighted by Crippen LogP contribution is -2.23. The summed E-state index contributed by atoms with van der Waals surface area (Å²) in [4.78, 5) is 12.0. The fraction of sp³-hybridized carbons (Fsp3) is 0.167. The Morgan fingerprint density at radius 2 is 2.00 bits per heavy atom. The average Bonchev–Trinajstić information content (AvgIpc) is 2.91. The molecule has 1 amide bonds. The second-order valence-corrected chi connectivity index (χ2v) is 5.73. The van der Waals surface area contributed by atoms with Crippen LogP contribution in [-0.2, 0) is 10.0 Å². The first kappa shape index (κ1) is 14.2. The predicted molar refractivity (Wildman–Crippen MR) is 73.8 cm³/mol. The van der Waals surface area contributed by atoms with Crippen LogP contribution in [0.3, 0.4) is 0 Å². The van der Waals surface area contributed by atoms with Crippen LogP contribution in [0.15, 0.2) is 41.6 Å². The molecule has 0 aliphatic heterocycles. The number of hydrogen-bond donors (Lipinski definition) is 3. The van der Waals surface area contributed by atoms with Gasteiger partial charge < -0.3 is 5.32 Å². The van der Waals surface area contributed by atoms with Crippen LogP contribution in [0, 0.1) is 0 Å². The lowest BCUT2D eigenvalue weighted by atomic mass is 10.2. The molecule has 0 atom stereocenters. The van der Waals surface area contributed by atoms with Crippen LogP contribution >= 0.6 is 0 Å². The molecule has 0 spiro atoms. The molecule has 0 aliphatic carbocycles. The van der Waals surface area contributed by atoms with Crippen molar-refractivity contribution in [1.82, 2.24) is 14.9 Å². The highest BCUT2D eigenvalue weighted by Gasteiger charge is 2.13. The summed E-state index contributed by atoms with van der Waals surface area (Å²) >= 11 is 0. The SMILES string of the molecule is CCNS(=O)(=O)c1ccc(C(=O)Nc2cn[nH]c2)cc1. The Kier molecular flexibility index (Phi) is 4.16. The molecule has 0 unspecified atom stereocenters. The van der Waals surface area contributed by atoms with E-state index in [1.54, 1.807) is 13.1 Å². The average molecular weight is 294 g/mol. The van der Waals surface area contributed by atoms with Crippen molar-refractivity contribution in [3.05, 3.63) is 42.2 Å². The molecule has 0 fully saturated rings. The van der Waals surface area contributed by atoms with E-state index in [2.05, 4.69) is 20.2 Å². The number of H-pyrrole nitrogens is 1. The number of carbonyl (C=O) groups is 1. The summed E-state index contributed by atoms with van der Waals surface area (Å²) in [6, 6.07) is 5.70. The molecule has 1 aromatic carbocycles. The van der Waals surface area contributed by atoms with E-state index >= 15 is 0 Å². The minimum Gasteiger partial charge on any atom is -0.319 e. The van der Waals surface area contributed by atoms with Gasteiger partial charge in [0.1, 0.15) is 0 Å². The predicted octanol–water partition coefficient (Wildman–Crippen LogP) is 0.960. The lowest BCUT2D eigenvalue weighted by Gasteiger charge is -2.06. The number of rotatable bonds is 5. The Labute approximate surface area is 116 Å². The molecule has 7 nitrogen and oxygen atoms in total. The molecule has 106 valence electrons. The van der Waals surface area contributed by atoms with Crippen molar-refractivity contribution in [1.29, 1.82) is 0 Å². The number of nitrogens with zero attached hydrogens (tertiary/aromatic N) is 1. The molecule has 2 rings (SSSR count). The third kappa shape index (κ3) is 3.22. The molecule has 0 aliphatic rings. The Balaban J connectivity index is 2.14. The van der Waals surface area contributed by atoms with Crippen LogP contribution in [0.4, 0.5) is 5.69 Å². The van der Waals surface area contributed by atoms with Gasteiger partial charge in [0.15, 0.2) is 0 Å². The largest absolute Gasteiger partial charge is 0.319 e. The highest BCUT2D eigenvalue weighted by atomic mass is 32.2. The standard InChI is InChI=1S/C12H14N4O3S/c1-2-15-20(18,19)11-5-3-9(4-6-11)12(17)16-10-7-13-14-8-10/h3-8,15H,2H2,1H3,(H,13,14)(H,16,17). The second kappa shape index (κ2) is 5.85. The van der Waals surface area contributed by atoms with Crippen molar-refractivity contribution in [3.8, 4) is 0 Å². The minimum atomic E-state index is -3.50. The second-order valence-electron chi connectivity index (χ2n) is 3.97. The Morgan fingerprint density at radius 3 is 2.55 bits per heavy atom. The van der Waals surface area contributed by atoms with Crippen molar-refractivity contribution in [3.63, 3.8) is 0 Å². The molecule has 8 heteroatoms. The number of nitrogens with one attached hydrogen (secondary N) is 3. The van der Waals surface area contributed by atoms with E-state index < -0.39 is 10.0 Å². The van der Waals surface area contributed by atoms with E-state index in [0.29, 0.717) is 17.8 Å². The van der Waals surface area contributed by atoms with Gasteiger partial charge >= 0.3 is 0 Å². The van der Waals surface area contributed by atoms with Gasteiger partial charge in [0, 0.05) is 18.3 Å². The summed E-state index contributed by atoms with van der Waals surface area (Å²) in [6.45, 7) is 2.01. The molecule has 2 aromatic rings. The summed E-state index contributed by atoms with van der Waals surface area (Å²) in [6.07, 6.45) is 3.02. The molecular formula is C12H14N4O3S. The first-order valence-electron chi connectivity index (χ1n) is 5.93. The smallest absolute Gasteiger partial charge is 0.255 e. The molecule has 0 bridgehead atoms. The fourth-order valence-electron chi connectivity index (χ4n) is 1.58. The number of hydrogen-bond acceptors (Lipinski definition) is 4. The summed E-state index contributed by atoms with van der Waals surface area (Å²) in [5, 5.41) is 8.91. The number of aromatic amines is 1. The van der Waals surface area contributed by atoms with Gasteiger partial charge in [-0.1, -0.05) is 6.92 Å². The minimum absolute atomic E-state index is 0.124. The molecular weight excluding hydrogens is 280 g/mol. The maximum absolute atomic E-state index is 11.9. The van der Waals surface area contributed by atoms with E-state index in [4.69, 9.17) is 0 Å². The van der Waals surface area contributed by atoms with E-state index in [0.717, 1.165) is 0 Å². The third-order valence-corrected chi connectivity index (χ3v) is 4.08. The van der Waals surface area contributed by atoms with Gasteiger partial charge in [0.05, 0.1) is 16.8 Å². The zero-order chi connectivity index (χ0) is 14.6. The Morgan fingerprint density at radius 1 is 1.30 bits per heavy atom. The molecule has 0 radical (unpaired) electrons. The van der Waals surface area contributed by atoms with Crippen molar-refractivity contribution in [2.75, 3.05) is 11.9 Å². The summed E-state index contributed by atoms with van der Waals surface area (Å²) in [7, 11) is -3.50. The van der Waals surface area contributed by atoms with Crippen LogP contribution in [0.5, 0.6) is 0 Å².